The Morgan fingerprint density at radius 3 is 2.38 bits per heavy atom. The number of carboxylic acids is 1. The van der Waals surface area contributed by atoms with Crippen LogP contribution in [0.25, 0.3) is 0 Å². The van der Waals surface area contributed by atoms with Crippen molar-refractivity contribution in [1.82, 2.24) is 0 Å². The molecule has 0 spiro atoms. The van der Waals surface area contributed by atoms with Crippen LogP contribution in [0.5, 0.6) is 11.5 Å². The molecule has 4 heteroatoms. The van der Waals surface area contributed by atoms with Crippen molar-refractivity contribution < 1.29 is 20.1 Å². The summed E-state index contributed by atoms with van der Waals surface area (Å²) in [6.45, 7) is 3.64. The smallest absolute Gasteiger partial charge is 0.328 e. The number of hydrogen-bond acceptors (Lipinski definition) is 3. The molecule has 0 aromatic heterocycles. The minimum absolute atomic E-state index is 0.193. The highest BCUT2D eigenvalue weighted by atomic mass is 16.4. The average molecular weight is 222 g/mol. The van der Waals surface area contributed by atoms with Crippen LogP contribution in [0.4, 0.5) is 0 Å². The summed E-state index contributed by atoms with van der Waals surface area (Å²) in [5.74, 6) is -1.42. The third-order valence-electron chi connectivity index (χ3n) is 2.36. The maximum Gasteiger partial charge on any atom is 0.328 e. The Balaban J connectivity index is 3.07. The lowest BCUT2D eigenvalue weighted by Gasteiger charge is -2.21. The first-order valence-corrected chi connectivity index (χ1v) is 4.77. The highest BCUT2D eigenvalue weighted by molar-refractivity contribution is 5.80. The molecule has 0 amide bonds. The van der Waals surface area contributed by atoms with Gasteiger partial charge in [-0.3, -0.25) is 0 Å². The van der Waals surface area contributed by atoms with Gasteiger partial charge >= 0.3 is 5.97 Å². The van der Waals surface area contributed by atoms with Crippen LogP contribution in [-0.4, -0.2) is 21.3 Å². The first-order valence-electron chi connectivity index (χ1n) is 4.77. The van der Waals surface area contributed by atoms with Gasteiger partial charge in [0.25, 0.3) is 0 Å². The third-order valence-corrected chi connectivity index (χ3v) is 2.36. The molecule has 4 nitrogen and oxygen atoms in total. The van der Waals surface area contributed by atoms with Crippen molar-refractivity contribution in [1.29, 1.82) is 0 Å². The van der Waals surface area contributed by atoms with Gasteiger partial charge in [0.15, 0.2) is 11.5 Å². The predicted molar refractivity (Wildman–Crippen MR) is 59.6 cm³/mol. The maximum absolute atomic E-state index is 10.4. The van der Waals surface area contributed by atoms with Crippen molar-refractivity contribution in [3.63, 3.8) is 0 Å². The Labute approximate surface area is 93.5 Å². The first-order chi connectivity index (χ1) is 7.33. The maximum atomic E-state index is 10.4. The minimum Gasteiger partial charge on any atom is -0.504 e. The normalized spacial score (nSPS) is 11.9. The summed E-state index contributed by atoms with van der Waals surface area (Å²) in [6.07, 6.45) is 2.59. The van der Waals surface area contributed by atoms with Crippen molar-refractivity contribution in [2.75, 3.05) is 0 Å². The molecule has 0 aliphatic rings. The number of carbonyl (C=O) groups is 1. The summed E-state index contributed by atoms with van der Waals surface area (Å²) in [6, 6.07) is 4.43. The van der Waals surface area contributed by atoms with Gasteiger partial charge in [0, 0.05) is 11.5 Å². The second-order valence-corrected chi connectivity index (χ2v) is 4.10. The molecule has 0 radical (unpaired) electrons. The van der Waals surface area contributed by atoms with Crippen molar-refractivity contribution in [2.24, 2.45) is 0 Å². The van der Waals surface area contributed by atoms with Gasteiger partial charge in [0.05, 0.1) is 0 Å². The molecule has 86 valence electrons. The van der Waals surface area contributed by atoms with Crippen molar-refractivity contribution in [3.05, 3.63) is 35.9 Å². The van der Waals surface area contributed by atoms with Gasteiger partial charge < -0.3 is 15.3 Å². The van der Waals surface area contributed by atoms with E-state index < -0.39 is 11.4 Å². The second-order valence-electron chi connectivity index (χ2n) is 4.10. The lowest BCUT2D eigenvalue weighted by atomic mass is 9.84. The summed E-state index contributed by atoms with van der Waals surface area (Å²) < 4.78 is 0. The molecular weight excluding hydrogens is 208 g/mol. The zero-order chi connectivity index (χ0) is 12.3. The summed E-state index contributed by atoms with van der Waals surface area (Å²) in [5.41, 5.74) is 0.198. The Morgan fingerprint density at radius 2 is 1.88 bits per heavy atom. The SMILES string of the molecule is CC(C)(C=CC(=O)O)c1ccc(O)c(O)c1. The summed E-state index contributed by atoms with van der Waals surface area (Å²) in [7, 11) is 0. The van der Waals surface area contributed by atoms with Crippen molar-refractivity contribution in [3.8, 4) is 11.5 Å². The first kappa shape index (κ1) is 12.1. The van der Waals surface area contributed by atoms with Crippen LogP contribution < -0.4 is 0 Å². The Bertz CT molecular complexity index is 433. The van der Waals surface area contributed by atoms with Gasteiger partial charge in [0.1, 0.15) is 0 Å². The fraction of sp³-hybridized carbons (Fsp3) is 0.250. The number of hydrogen-bond donors (Lipinski definition) is 3. The number of aromatic hydroxyl groups is 2. The van der Waals surface area contributed by atoms with Crippen LogP contribution in [-0.2, 0) is 10.2 Å². The van der Waals surface area contributed by atoms with Crippen molar-refractivity contribution in [2.45, 2.75) is 19.3 Å². The largest absolute Gasteiger partial charge is 0.504 e. The number of phenols is 2. The number of allylic oxidation sites excluding steroid dienone is 1. The fourth-order valence-electron chi connectivity index (χ4n) is 1.30. The highest BCUT2D eigenvalue weighted by Crippen LogP contribution is 2.32. The predicted octanol–water partition coefficient (Wildman–Crippen LogP) is 2.02. The molecule has 0 atom stereocenters. The van der Waals surface area contributed by atoms with Gasteiger partial charge in [-0.05, 0) is 17.7 Å². The standard InChI is InChI=1S/C12H14O4/c1-12(2,6-5-11(15)16)8-3-4-9(13)10(14)7-8/h3-7,13-14H,1-2H3,(H,15,16). The molecule has 0 fully saturated rings. The van der Waals surface area contributed by atoms with E-state index >= 15 is 0 Å². The zero-order valence-electron chi connectivity index (χ0n) is 9.14. The van der Waals surface area contributed by atoms with Crippen LogP contribution in [0.1, 0.15) is 19.4 Å². The number of rotatable bonds is 3. The average Bonchev–Trinajstić information content (AvgIpc) is 2.19. The lowest BCUT2D eigenvalue weighted by Crippen LogP contribution is -2.13. The molecule has 0 aliphatic carbocycles. The molecule has 16 heavy (non-hydrogen) atoms. The van der Waals surface area contributed by atoms with E-state index in [1.54, 1.807) is 6.07 Å². The van der Waals surface area contributed by atoms with Gasteiger partial charge in [-0.25, -0.2) is 4.79 Å². The van der Waals surface area contributed by atoms with Crippen molar-refractivity contribution >= 4 is 5.97 Å². The quantitative estimate of drug-likeness (QED) is 0.540. The van der Waals surface area contributed by atoms with Crippen LogP contribution in [0.3, 0.4) is 0 Å². The Kier molecular flexibility index (Phi) is 3.22. The van der Waals surface area contributed by atoms with E-state index in [1.165, 1.54) is 18.2 Å². The number of carboxylic acid groups (broad SMARTS) is 1. The molecule has 0 unspecified atom stereocenters. The van der Waals surface area contributed by atoms with E-state index in [-0.39, 0.29) is 11.5 Å². The Morgan fingerprint density at radius 1 is 1.25 bits per heavy atom. The monoisotopic (exact) mass is 222 g/mol. The van der Waals surface area contributed by atoms with Crippen LogP contribution in [0.2, 0.25) is 0 Å². The molecular formula is C12H14O4. The summed E-state index contributed by atoms with van der Waals surface area (Å²) in [5, 5.41) is 27.1. The van der Waals surface area contributed by atoms with Gasteiger partial charge in [-0.15, -0.1) is 0 Å². The topological polar surface area (TPSA) is 77.8 Å². The van der Waals surface area contributed by atoms with Crippen LogP contribution in [0.15, 0.2) is 30.4 Å². The third kappa shape index (κ3) is 2.76. The summed E-state index contributed by atoms with van der Waals surface area (Å²) >= 11 is 0. The second kappa shape index (κ2) is 4.26. The molecule has 0 saturated carbocycles. The summed E-state index contributed by atoms with van der Waals surface area (Å²) in [4.78, 5) is 10.4. The molecule has 3 N–H and O–H groups in total. The molecule has 0 aliphatic heterocycles. The van der Waals surface area contributed by atoms with E-state index in [2.05, 4.69) is 0 Å². The van der Waals surface area contributed by atoms with E-state index in [0.29, 0.717) is 0 Å². The lowest BCUT2D eigenvalue weighted by molar-refractivity contribution is -0.131. The van der Waals surface area contributed by atoms with Gasteiger partial charge in [-0.1, -0.05) is 26.0 Å². The molecule has 1 rings (SSSR count). The number of aliphatic carboxylic acids is 1. The number of benzene rings is 1. The van der Waals surface area contributed by atoms with Gasteiger partial charge in [-0.2, -0.15) is 0 Å². The molecule has 1 aromatic rings. The molecule has 0 bridgehead atoms. The van der Waals surface area contributed by atoms with E-state index in [9.17, 15) is 9.90 Å². The van der Waals surface area contributed by atoms with Gasteiger partial charge in [0.2, 0.25) is 0 Å². The van der Waals surface area contributed by atoms with E-state index in [0.717, 1.165) is 11.6 Å². The Hall–Kier alpha value is -1.97. The minimum atomic E-state index is -1.02. The number of phenolic OH excluding ortho intramolecular Hbond substituents is 2. The van der Waals surface area contributed by atoms with Crippen LogP contribution in [0, 0.1) is 0 Å². The fourth-order valence-corrected chi connectivity index (χ4v) is 1.30. The highest BCUT2D eigenvalue weighted by Gasteiger charge is 2.18. The molecule has 1 aromatic carbocycles. The molecule has 0 heterocycles. The van der Waals surface area contributed by atoms with E-state index in [4.69, 9.17) is 10.2 Å². The molecule has 0 saturated heterocycles. The van der Waals surface area contributed by atoms with E-state index in [1.807, 2.05) is 13.8 Å². The van der Waals surface area contributed by atoms with Crippen LogP contribution >= 0.6 is 0 Å². The zero-order valence-corrected chi connectivity index (χ0v) is 9.14.